The highest BCUT2D eigenvalue weighted by molar-refractivity contribution is 7.09. The fraction of sp³-hybridized carbons (Fsp3) is 0.636. The summed E-state index contributed by atoms with van der Waals surface area (Å²) in [6.45, 7) is 3.87. The molecule has 108 valence electrons. The van der Waals surface area contributed by atoms with E-state index in [0.717, 1.165) is 16.7 Å². The van der Waals surface area contributed by atoms with Gasteiger partial charge in [0.05, 0.1) is 11.0 Å². The van der Waals surface area contributed by atoms with E-state index in [1.54, 1.807) is 0 Å². The Morgan fingerprint density at radius 1 is 1.53 bits per heavy atom. The van der Waals surface area contributed by atoms with Crippen molar-refractivity contribution >= 4 is 17.2 Å². The molecule has 19 heavy (non-hydrogen) atoms. The number of carbonyl (C=O) groups is 1. The topological polar surface area (TPSA) is 68.0 Å². The summed E-state index contributed by atoms with van der Waals surface area (Å²) in [4.78, 5) is 15.0. The van der Waals surface area contributed by atoms with Crippen molar-refractivity contribution in [3.05, 3.63) is 16.1 Å². The molecule has 3 N–H and O–H groups in total. The summed E-state index contributed by atoms with van der Waals surface area (Å²) in [5.41, 5.74) is 4.74. The number of aromatic nitrogens is 1. The van der Waals surface area contributed by atoms with Gasteiger partial charge in [-0.05, 0) is 5.92 Å². The lowest BCUT2D eigenvalue weighted by molar-refractivity contribution is -0.140. The second-order valence-electron chi connectivity index (χ2n) is 4.44. The number of nitrogens with zero attached hydrogens (tertiary/aromatic N) is 1. The van der Waals surface area contributed by atoms with E-state index in [-0.39, 0.29) is 24.8 Å². The van der Waals surface area contributed by atoms with Gasteiger partial charge >= 0.3 is 6.18 Å². The minimum Gasteiger partial charge on any atom is -0.354 e. The molecule has 0 radical (unpaired) electrons. The summed E-state index contributed by atoms with van der Waals surface area (Å²) in [7, 11) is 0. The van der Waals surface area contributed by atoms with E-state index in [0.29, 0.717) is 5.01 Å². The van der Waals surface area contributed by atoms with Crippen LogP contribution in [0.2, 0.25) is 0 Å². The van der Waals surface area contributed by atoms with Gasteiger partial charge in [-0.15, -0.1) is 11.3 Å². The number of nitrogens with one attached hydrogen (secondary N) is 1. The number of alkyl halides is 3. The van der Waals surface area contributed by atoms with Crippen LogP contribution in [-0.2, 0) is 17.4 Å². The molecule has 1 amide bonds. The molecule has 1 aromatic rings. The van der Waals surface area contributed by atoms with Crippen LogP contribution < -0.4 is 11.1 Å². The van der Waals surface area contributed by atoms with Crippen molar-refractivity contribution in [3.63, 3.8) is 0 Å². The molecule has 1 heterocycles. The number of hydrogen-bond acceptors (Lipinski definition) is 4. The Kier molecular flexibility index (Phi) is 5.30. The summed E-state index contributed by atoms with van der Waals surface area (Å²) in [5.74, 6) is -0.292. The molecule has 1 rings (SSSR count). The highest BCUT2D eigenvalue weighted by Crippen LogP contribution is 2.29. The number of halogens is 3. The molecule has 1 atom stereocenters. The Hall–Kier alpha value is -1.15. The van der Waals surface area contributed by atoms with Crippen LogP contribution in [0.15, 0.2) is 5.38 Å². The lowest BCUT2D eigenvalue weighted by atomic mass is 10.1. The van der Waals surface area contributed by atoms with Crippen molar-refractivity contribution in [3.8, 4) is 0 Å². The molecular formula is C11H16F3N3OS. The molecule has 0 saturated carbocycles. The van der Waals surface area contributed by atoms with Gasteiger partial charge in [0.25, 0.3) is 0 Å². The Balaban J connectivity index is 2.42. The van der Waals surface area contributed by atoms with Gasteiger partial charge in [-0.1, -0.05) is 13.8 Å². The molecule has 4 nitrogen and oxygen atoms in total. The molecule has 0 fully saturated rings. The van der Waals surface area contributed by atoms with Crippen molar-refractivity contribution < 1.29 is 18.0 Å². The van der Waals surface area contributed by atoms with Crippen LogP contribution in [0.25, 0.3) is 0 Å². The van der Waals surface area contributed by atoms with E-state index < -0.39 is 17.9 Å². The normalized spacial score (nSPS) is 13.6. The first-order valence-corrected chi connectivity index (χ1v) is 6.64. The first kappa shape index (κ1) is 15.9. The molecule has 0 spiro atoms. The average molecular weight is 295 g/mol. The third-order valence-electron chi connectivity index (χ3n) is 2.50. The van der Waals surface area contributed by atoms with Crippen LogP contribution in [0.5, 0.6) is 0 Å². The molecule has 0 aliphatic heterocycles. The summed E-state index contributed by atoms with van der Waals surface area (Å²) < 4.78 is 36.9. The lowest BCUT2D eigenvalue weighted by Crippen LogP contribution is -2.44. The zero-order valence-corrected chi connectivity index (χ0v) is 11.4. The van der Waals surface area contributed by atoms with Crippen LogP contribution in [0.4, 0.5) is 13.2 Å². The van der Waals surface area contributed by atoms with Gasteiger partial charge in [0.15, 0.2) is 5.69 Å². The van der Waals surface area contributed by atoms with Gasteiger partial charge in [0, 0.05) is 18.3 Å². The van der Waals surface area contributed by atoms with E-state index in [2.05, 4.69) is 10.3 Å². The molecule has 8 heteroatoms. The second-order valence-corrected chi connectivity index (χ2v) is 5.38. The van der Waals surface area contributed by atoms with Crippen LogP contribution in [-0.4, -0.2) is 23.5 Å². The number of thiazole rings is 1. The molecule has 0 bridgehead atoms. The van der Waals surface area contributed by atoms with E-state index in [1.807, 2.05) is 13.8 Å². The van der Waals surface area contributed by atoms with Gasteiger partial charge < -0.3 is 11.1 Å². The van der Waals surface area contributed by atoms with Crippen LogP contribution in [0.1, 0.15) is 24.5 Å². The third-order valence-corrected chi connectivity index (χ3v) is 3.41. The Labute approximate surface area is 113 Å². The van der Waals surface area contributed by atoms with Crippen molar-refractivity contribution in [1.29, 1.82) is 0 Å². The highest BCUT2D eigenvalue weighted by atomic mass is 32.1. The van der Waals surface area contributed by atoms with E-state index in [4.69, 9.17) is 5.73 Å². The van der Waals surface area contributed by atoms with Gasteiger partial charge in [0.1, 0.15) is 0 Å². The Bertz CT molecular complexity index is 431. The zero-order valence-electron chi connectivity index (χ0n) is 10.6. The highest BCUT2D eigenvalue weighted by Gasteiger charge is 2.33. The molecule has 0 saturated heterocycles. The number of hydrogen-bond donors (Lipinski definition) is 2. The lowest BCUT2D eigenvalue weighted by Gasteiger charge is -2.14. The van der Waals surface area contributed by atoms with E-state index in [1.165, 1.54) is 0 Å². The predicted molar refractivity (Wildman–Crippen MR) is 66.6 cm³/mol. The van der Waals surface area contributed by atoms with Crippen molar-refractivity contribution in [2.45, 2.75) is 32.5 Å². The fourth-order valence-electron chi connectivity index (χ4n) is 1.27. The molecular weight excluding hydrogens is 279 g/mol. The molecule has 0 aliphatic carbocycles. The molecule has 1 aromatic heterocycles. The standard InChI is InChI=1S/C11H16F3N3OS/c1-6(2)9(15)10(18)16-4-3-8-17-7(5-19-8)11(12,13)14/h5-6,9H,3-4,15H2,1-2H3,(H,16,18)/t9-/m0/s1. The molecule has 0 aromatic carbocycles. The quantitative estimate of drug-likeness (QED) is 0.870. The largest absolute Gasteiger partial charge is 0.434 e. The van der Waals surface area contributed by atoms with Crippen molar-refractivity contribution in [2.24, 2.45) is 11.7 Å². The molecule has 0 unspecified atom stereocenters. The van der Waals surface area contributed by atoms with Crippen LogP contribution in [0, 0.1) is 5.92 Å². The number of rotatable bonds is 5. The minimum atomic E-state index is -4.42. The predicted octanol–water partition coefficient (Wildman–Crippen LogP) is 1.80. The van der Waals surface area contributed by atoms with Crippen molar-refractivity contribution in [1.82, 2.24) is 10.3 Å². The maximum atomic E-state index is 12.3. The van der Waals surface area contributed by atoms with E-state index >= 15 is 0 Å². The number of nitrogens with two attached hydrogens (primary N) is 1. The van der Waals surface area contributed by atoms with Crippen molar-refractivity contribution in [2.75, 3.05) is 6.54 Å². The number of carbonyl (C=O) groups excluding carboxylic acids is 1. The summed E-state index contributed by atoms with van der Waals surface area (Å²) in [6, 6.07) is -0.609. The van der Waals surface area contributed by atoms with Gasteiger partial charge in [-0.25, -0.2) is 4.98 Å². The maximum absolute atomic E-state index is 12.3. The van der Waals surface area contributed by atoms with Gasteiger partial charge in [0.2, 0.25) is 5.91 Å². The minimum absolute atomic E-state index is 0.0108. The van der Waals surface area contributed by atoms with E-state index in [9.17, 15) is 18.0 Å². The molecule has 0 aliphatic rings. The first-order chi connectivity index (χ1) is 8.71. The summed E-state index contributed by atoms with van der Waals surface area (Å²) >= 11 is 0.929. The third kappa shape index (κ3) is 4.79. The summed E-state index contributed by atoms with van der Waals surface area (Å²) in [6.07, 6.45) is -4.16. The second kappa shape index (κ2) is 6.33. The number of amides is 1. The van der Waals surface area contributed by atoms with Crippen LogP contribution in [0.3, 0.4) is 0 Å². The fourth-order valence-corrected chi connectivity index (χ4v) is 2.07. The zero-order chi connectivity index (χ0) is 14.6. The Morgan fingerprint density at radius 3 is 2.63 bits per heavy atom. The van der Waals surface area contributed by atoms with Gasteiger partial charge in [-0.3, -0.25) is 4.79 Å². The SMILES string of the molecule is CC(C)[C@H](N)C(=O)NCCc1nc(C(F)(F)F)cs1. The first-order valence-electron chi connectivity index (χ1n) is 5.76. The summed E-state index contributed by atoms with van der Waals surface area (Å²) in [5, 5.41) is 3.89. The average Bonchev–Trinajstić information content (AvgIpc) is 2.76. The maximum Gasteiger partial charge on any atom is 0.434 e. The monoisotopic (exact) mass is 295 g/mol. The van der Waals surface area contributed by atoms with Gasteiger partial charge in [-0.2, -0.15) is 13.2 Å². The van der Waals surface area contributed by atoms with Crippen LogP contribution >= 0.6 is 11.3 Å². The smallest absolute Gasteiger partial charge is 0.354 e. The Morgan fingerprint density at radius 2 is 2.16 bits per heavy atom.